The molecule has 0 radical (unpaired) electrons. The standard InChI is InChI=1S/C26H29FN2O4S/c1-3-18(2)15-28(26(31)23-5-4-13-32-23)16-25(30)29-12-10-24-21(11-14-34-24)22(29)17-33-20-8-6-19(27)7-9-20/h4-9,11,13-14,18,22H,3,10,12,15-17H2,1-2H3. The van der Waals surface area contributed by atoms with E-state index in [9.17, 15) is 14.0 Å². The van der Waals surface area contributed by atoms with E-state index in [-0.39, 0.29) is 48.5 Å². The Labute approximate surface area is 202 Å². The van der Waals surface area contributed by atoms with E-state index in [2.05, 4.69) is 13.8 Å². The zero-order valence-electron chi connectivity index (χ0n) is 19.4. The van der Waals surface area contributed by atoms with Crippen LogP contribution in [-0.4, -0.2) is 47.9 Å². The summed E-state index contributed by atoms with van der Waals surface area (Å²) in [4.78, 5) is 31.2. The zero-order valence-corrected chi connectivity index (χ0v) is 20.2. The second kappa shape index (κ2) is 10.9. The smallest absolute Gasteiger partial charge is 0.290 e. The van der Waals surface area contributed by atoms with Crippen LogP contribution < -0.4 is 4.74 Å². The summed E-state index contributed by atoms with van der Waals surface area (Å²) in [5.41, 5.74) is 1.07. The number of furan rings is 1. The van der Waals surface area contributed by atoms with Crippen molar-refractivity contribution in [1.82, 2.24) is 9.80 Å². The normalized spacial score (nSPS) is 16.1. The maximum Gasteiger partial charge on any atom is 0.290 e. The van der Waals surface area contributed by atoms with Crippen molar-refractivity contribution in [3.05, 3.63) is 76.1 Å². The minimum Gasteiger partial charge on any atom is -0.491 e. The van der Waals surface area contributed by atoms with Gasteiger partial charge in [-0.3, -0.25) is 9.59 Å². The van der Waals surface area contributed by atoms with Gasteiger partial charge in [0.15, 0.2) is 5.76 Å². The van der Waals surface area contributed by atoms with Crippen LogP contribution in [0.1, 0.15) is 47.3 Å². The highest BCUT2D eigenvalue weighted by molar-refractivity contribution is 7.10. The molecule has 0 fully saturated rings. The molecule has 180 valence electrons. The van der Waals surface area contributed by atoms with Crippen LogP contribution >= 0.6 is 11.3 Å². The minimum atomic E-state index is -0.329. The van der Waals surface area contributed by atoms with Crippen LogP contribution in [0.25, 0.3) is 0 Å². The molecule has 2 aromatic heterocycles. The number of carbonyl (C=O) groups is 2. The fourth-order valence-electron chi connectivity index (χ4n) is 4.12. The molecule has 4 rings (SSSR count). The molecule has 0 aliphatic carbocycles. The van der Waals surface area contributed by atoms with Crippen LogP contribution in [0.4, 0.5) is 4.39 Å². The Morgan fingerprint density at radius 1 is 1.26 bits per heavy atom. The lowest BCUT2D eigenvalue weighted by atomic mass is 10.00. The van der Waals surface area contributed by atoms with Gasteiger partial charge in [0.05, 0.1) is 12.3 Å². The molecule has 0 saturated carbocycles. The number of carbonyl (C=O) groups excluding carboxylic acids is 2. The van der Waals surface area contributed by atoms with Crippen molar-refractivity contribution in [2.45, 2.75) is 32.7 Å². The molecule has 2 amide bonds. The Bertz CT molecular complexity index is 1100. The minimum absolute atomic E-state index is 0.0314. The van der Waals surface area contributed by atoms with Crippen molar-refractivity contribution in [3.63, 3.8) is 0 Å². The molecule has 3 heterocycles. The highest BCUT2D eigenvalue weighted by atomic mass is 32.1. The summed E-state index contributed by atoms with van der Waals surface area (Å²) < 4.78 is 24.5. The summed E-state index contributed by atoms with van der Waals surface area (Å²) in [6.45, 7) is 5.36. The maximum absolute atomic E-state index is 13.6. The lowest BCUT2D eigenvalue weighted by Gasteiger charge is -2.37. The van der Waals surface area contributed by atoms with E-state index in [0.717, 1.165) is 18.4 Å². The van der Waals surface area contributed by atoms with Crippen molar-refractivity contribution in [1.29, 1.82) is 0 Å². The van der Waals surface area contributed by atoms with Crippen LogP contribution in [0, 0.1) is 11.7 Å². The monoisotopic (exact) mass is 484 g/mol. The first kappa shape index (κ1) is 24.0. The Morgan fingerprint density at radius 3 is 2.76 bits per heavy atom. The first-order valence-electron chi connectivity index (χ1n) is 11.5. The second-order valence-electron chi connectivity index (χ2n) is 8.59. The van der Waals surface area contributed by atoms with Gasteiger partial charge >= 0.3 is 0 Å². The average Bonchev–Trinajstić information content (AvgIpc) is 3.54. The number of halogens is 1. The Hall–Kier alpha value is -3.13. The summed E-state index contributed by atoms with van der Waals surface area (Å²) in [6.07, 6.45) is 3.12. The number of ether oxygens (including phenoxy) is 1. The van der Waals surface area contributed by atoms with Crippen molar-refractivity contribution in [3.8, 4) is 5.75 Å². The maximum atomic E-state index is 13.6. The molecule has 0 spiro atoms. The molecule has 0 bridgehead atoms. The summed E-state index contributed by atoms with van der Waals surface area (Å²) in [5, 5.41) is 2.03. The molecule has 2 unspecified atom stereocenters. The van der Waals surface area contributed by atoms with E-state index in [0.29, 0.717) is 18.8 Å². The third-order valence-corrected chi connectivity index (χ3v) is 7.21. The van der Waals surface area contributed by atoms with Gasteiger partial charge in [-0.15, -0.1) is 11.3 Å². The highest BCUT2D eigenvalue weighted by Gasteiger charge is 2.34. The number of rotatable bonds is 9. The Kier molecular flexibility index (Phi) is 7.67. The number of amides is 2. The Morgan fingerprint density at radius 2 is 2.06 bits per heavy atom. The topological polar surface area (TPSA) is 63.0 Å². The first-order valence-corrected chi connectivity index (χ1v) is 12.4. The quantitative estimate of drug-likeness (QED) is 0.420. The van der Waals surface area contributed by atoms with Gasteiger partial charge in [0, 0.05) is 18.0 Å². The van der Waals surface area contributed by atoms with Crippen molar-refractivity contribution >= 4 is 23.2 Å². The number of hydrogen-bond acceptors (Lipinski definition) is 5. The fraction of sp³-hybridized carbons (Fsp3) is 0.385. The van der Waals surface area contributed by atoms with Crippen LogP contribution in [0.15, 0.2) is 58.5 Å². The molecular weight excluding hydrogens is 455 g/mol. The van der Waals surface area contributed by atoms with Gasteiger partial charge in [-0.25, -0.2) is 4.39 Å². The SMILES string of the molecule is CCC(C)CN(CC(=O)N1CCc2sccc2C1COc1ccc(F)cc1)C(=O)c1ccco1. The molecule has 1 aliphatic rings. The van der Waals surface area contributed by atoms with Gasteiger partial charge in [-0.2, -0.15) is 0 Å². The molecule has 3 aromatic rings. The van der Waals surface area contributed by atoms with E-state index in [4.69, 9.17) is 9.15 Å². The molecule has 0 N–H and O–H groups in total. The Balaban J connectivity index is 1.52. The molecule has 2 atom stereocenters. The van der Waals surface area contributed by atoms with Crippen molar-refractivity contribution in [2.75, 3.05) is 26.2 Å². The van der Waals surface area contributed by atoms with Gasteiger partial charge < -0.3 is 19.0 Å². The summed E-state index contributed by atoms with van der Waals surface area (Å²) in [5.74, 6) is 0.270. The van der Waals surface area contributed by atoms with Crippen LogP contribution in [0.3, 0.4) is 0 Å². The number of fused-ring (bicyclic) bond motifs is 1. The third-order valence-electron chi connectivity index (χ3n) is 6.21. The van der Waals surface area contributed by atoms with Crippen LogP contribution in [0.2, 0.25) is 0 Å². The number of thiophene rings is 1. The van der Waals surface area contributed by atoms with Crippen molar-refractivity contribution < 1.29 is 23.1 Å². The number of benzene rings is 1. The predicted molar refractivity (Wildman–Crippen MR) is 128 cm³/mol. The van der Waals surface area contributed by atoms with Gasteiger partial charge in [-0.1, -0.05) is 20.3 Å². The number of hydrogen-bond donors (Lipinski definition) is 0. The lowest BCUT2D eigenvalue weighted by molar-refractivity contribution is -0.135. The molecule has 6 nitrogen and oxygen atoms in total. The fourth-order valence-corrected chi connectivity index (χ4v) is 5.04. The van der Waals surface area contributed by atoms with E-state index >= 15 is 0 Å². The average molecular weight is 485 g/mol. The van der Waals surface area contributed by atoms with E-state index in [1.54, 1.807) is 45.4 Å². The molecule has 1 aromatic carbocycles. The highest BCUT2D eigenvalue weighted by Crippen LogP contribution is 2.34. The van der Waals surface area contributed by atoms with Gasteiger partial charge in [0.2, 0.25) is 5.91 Å². The lowest BCUT2D eigenvalue weighted by Crippen LogP contribution is -2.48. The summed E-state index contributed by atoms with van der Waals surface area (Å²) >= 11 is 1.67. The molecule has 1 aliphatic heterocycles. The largest absolute Gasteiger partial charge is 0.491 e. The molecular formula is C26H29FN2O4S. The molecule has 8 heteroatoms. The van der Waals surface area contributed by atoms with Crippen molar-refractivity contribution in [2.24, 2.45) is 5.92 Å². The predicted octanol–water partition coefficient (Wildman–Crippen LogP) is 5.17. The van der Waals surface area contributed by atoms with Gasteiger partial charge in [0.25, 0.3) is 5.91 Å². The van der Waals surface area contributed by atoms with Gasteiger partial charge in [0.1, 0.15) is 24.7 Å². The summed E-state index contributed by atoms with van der Waals surface area (Å²) in [7, 11) is 0. The third kappa shape index (κ3) is 5.50. The zero-order chi connectivity index (χ0) is 24.1. The summed E-state index contributed by atoms with van der Waals surface area (Å²) in [6, 6.07) is 10.9. The molecule has 0 saturated heterocycles. The molecule has 34 heavy (non-hydrogen) atoms. The van der Waals surface area contributed by atoms with E-state index < -0.39 is 0 Å². The van der Waals surface area contributed by atoms with Crippen LogP contribution in [0.5, 0.6) is 5.75 Å². The van der Waals surface area contributed by atoms with E-state index in [1.807, 2.05) is 11.4 Å². The van der Waals surface area contributed by atoms with Crippen LogP contribution in [-0.2, 0) is 11.2 Å². The second-order valence-corrected chi connectivity index (χ2v) is 9.59. The van der Waals surface area contributed by atoms with E-state index in [1.165, 1.54) is 23.3 Å². The first-order chi connectivity index (χ1) is 16.5. The van der Waals surface area contributed by atoms with Gasteiger partial charge in [-0.05, 0) is 65.7 Å². The number of nitrogens with zero attached hydrogens (tertiary/aromatic N) is 2.